The molecule has 286 valence electrons. The molecule has 3 heterocycles. The van der Waals surface area contributed by atoms with Gasteiger partial charge in [-0.1, -0.05) is 90.5 Å². The van der Waals surface area contributed by atoms with Crippen LogP contribution in [-0.4, -0.2) is 54.7 Å². The van der Waals surface area contributed by atoms with Crippen molar-refractivity contribution in [3.05, 3.63) is 114 Å². The average Bonchev–Trinajstić information content (AvgIpc) is 3.56. The summed E-state index contributed by atoms with van der Waals surface area (Å²) in [6.07, 6.45) is 0. The molecule has 3 saturated heterocycles. The van der Waals surface area contributed by atoms with Gasteiger partial charge >= 0.3 is 21.1 Å². The summed E-state index contributed by atoms with van der Waals surface area (Å²) in [6.45, 7) is 24.1. The van der Waals surface area contributed by atoms with Crippen LogP contribution in [0.4, 0.5) is 8.78 Å². The van der Waals surface area contributed by atoms with Crippen LogP contribution < -0.4 is 5.46 Å². The molecule has 0 atom stereocenters. The van der Waals surface area contributed by atoms with Crippen molar-refractivity contribution in [2.75, 3.05) is 0 Å². The fraction of sp³-hybridized carbons (Fsp3) is 0.429. The Morgan fingerprint density at radius 2 is 0.741 bits per heavy atom. The third kappa shape index (κ3) is 8.99. The molecular weight excluding hydrogens is 706 g/mol. The van der Waals surface area contributed by atoms with Crippen LogP contribution in [-0.2, 0) is 27.9 Å². The maximum Gasteiger partial charge on any atom is 0.497 e. The predicted octanol–water partition coefficient (Wildman–Crippen LogP) is 10.2. The van der Waals surface area contributed by atoms with E-state index >= 15 is 0 Å². The Bertz CT molecular complexity index is 1820. The quantitative estimate of drug-likeness (QED) is 0.193. The zero-order valence-corrected chi connectivity index (χ0v) is 34.3. The molecule has 7 rings (SSSR count). The van der Waals surface area contributed by atoms with Crippen molar-refractivity contribution in [1.29, 1.82) is 0 Å². The molecule has 0 unspecified atom stereocenters. The molecule has 0 radical (unpaired) electrons. The van der Waals surface area contributed by atoms with E-state index in [-0.39, 0.29) is 39.1 Å². The number of halogens is 3. The Morgan fingerprint density at radius 1 is 0.407 bits per heavy atom. The van der Waals surface area contributed by atoms with Gasteiger partial charge in [0.15, 0.2) is 0 Å². The van der Waals surface area contributed by atoms with E-state index in [1.165, 1.54) is 12.1 Å². The highest BCUT2D eigenvalue weighted by Crippen LogP contribution is 2.43. The van der Waals surface area contributed by atoms with E-state index in [1.54, 1.807) is 18.2 Å². The van der Waals surface area contributed by atoms with E-state index in [9.17, 15) is 8.78 Å². The minimum absolute atomic E-state index is 0.159. The molecule has 3 fully saturated rings. The van der Waals surface area contributed by atoms with Crippen LogP contribution in [0.25, 0.3) is 22.3 Å². The fourth-order valence-corrected chi connectivity index (χ4v) is 5.99. The number of hydrogen-bond acceptors (Lipinski definition) is 6. The zero-order valence-electron chi connectivity index (χ0n) is 33.6. The Kier molecular flexibility index (Phi) is 12.1. The van der Waals surface area contributed by atoms with Crippen LogP contribution in [0.3, 0.4) is 0 Å². The predicted molar refractivity (Wildman–Crippen MR) is 217 cm³/mol. The summed E-state index contributed by atoms with van der Waals surface area (Å²) in [4.78, 5) is 0. The minimum atomic E-state index is -0.686. The van der Waals surface area contributed by atoms with Crippen molar-refractivity contribution >= 4 is 38.2 Å². The summed E-state index contributed by atoms with van der Waals surface area (Å²) in [5.41, 5.74) is 2.00. The third-order valence-corrected chi connectivity index (χ3v) is 11.7. The van der Waals surface area contributed by atoms with Gasteiger partial charge in [-0.3, -0.25) is 0 Å². The molecule has 0 N–H and O–H groups in total. The van der Waals surface area contributed by atoms with E-state index in [0.717, 1.165) is 22.3 Å². The molecule has 4 aromatic rings. The molecule has 0 saturated carbocycles. The standard InChI is InChI=1S/C18H20BFO2.C12H24B2O4.C12H8ClF/c1-17(2)18(3,4)22-19(21-17)15-12-14(10-11-16(15)20)13-8-6-5-7-9-13;1-9(2)10(3,4)16-13(15-9)14-17-11(5,6)12(7,8)18-14;13-11-8-10(6-7-12(11)14)9-4-2-1-3-5-9/h5-12H,1-4H3;1-8H3;1-8H. The van der Waals surface area contributed by atoms with Gasteiger partial charge in [-0.15, -0.1) is 0 Å². The van der Waals surface area contributed by atoms with Gasteiger partial charge in [0.05, 0.1) is 38.6 Å². The molecule has 54 heavy (non-hydrogen) atoms. The van der Waals surface area contributed by atoms with Gasteiger partial charge in [0.25, 0.3) is 0 Å². The average molecular weight is 759 g/mol. The van der Waals surface area contributed by atoms with E-state index in [4.69, 9.17) is 39.5 Å². The Balaban J connectivity index is 0.000000160. The molecule has 0 aliphatic carbocycles. The van der Waals surface area contributed by atoms with Gasteiger partial charge in [-0.25, -0.2) is 8.78 Å². The maximum atomic E-state index is 14.3. The number of hydrogen-bond donors (Lipinski definition) is 0. The second-order valence-corrected chi connectivity index (χ2v) is 17.3. The first kappa shape index (κ1) is 42.1. The normalized spacial score (nSPS) is 21.2. The zero-order chi connectivity index (χ0) is 39.9. The van der Waals surface area contributed by atoms with Crippen molar-refractivity contribution in [1.82, 2.24) is 0 Å². The lowest BCUT2D eigenvalue weighted by molar-refractivity contribution is 0.00578. The van der Waals surface area contributed by atoms with Crippen molar-refractivity contribution in [3.8, 4) is 22.3 Å². The molecule has 0 amide bonds. The van der Waals surface area contributed by atoms with Gasteiger partial charge in [-0.05, 0) is 124 Å². The number of rotatable bonds is 4. The summed E-state index contributed by atoms with van der Waals surface area (Å²) >= 11 is 5.69. The van der Waals surface area contributed by atoms with E-state index < -0.39 is 32.3 Å². The SMILES string of the molecule is CC1(C)OB(B2OC(C)(C)C(C)(C)O2)OC1(C)C.CC1(C)OB(c2cc(-c3ccccc3)ccc2F)OC1(C)C.Fc1ccc(-c2ccccc2)cc1Cl. The maximum absolute atomic E-state index is 14.3. The van der Waals surface area contributed by atoms with Gasteiger partial charge in [0, 0.05) is 5.46 Å². The summed E-state index contributed by atoms with van der Waals surface area (Å²) < 4.78 is 62.9. The lowest BCUT2D eigenvalue weighted by atomic mass is 9.49. The van der Waals surface area contributed by atoms with Gasteiger partial charge in [-0.2, -0.15) is 0 Å². The first-order valence-corrected chi connectivity index (χ1v) is 18.8. The largest absolute Gasteiger partial charge is 0.497 e. The molecule has 0 aromatic heterocycles. The summed E-state index contributed by atoms with van der Waals surface area (Å²) in [5.74, 6) is -0.690. The van der Waals surface area contributed by atoms with Crippen LogP contribution in [0.2, 0.25) is 5.02 Å². The molecule has 0 spiro atoms. The summed E-state index contributed by atoms with van der Waals surface area (Å²) in [5, 5.41) is 0.159. The van der Waals surface area contributed by atoms with Gasteiger partial charge in [0.2, 0.25) is 0 Å². The second-order valence-electron chi connectivity index (χ2n) is 16.9. The van der Waals surface area contributed by atoms with Crippen molar-refractivity contribution in [2.24, 2.45) is 0 Å². The van der Waals surface area contributed by atoms with Crippen LogP contribution in [0.1, 0.15) is 83.1 Å². The molecule has 12 heteroatoms. The van der Waals surface area contributed by atoms with Gasteiger partial charge in [0.1, 0.15) is 11.6 Å². The monoisotopic (exact) mass is 758 g/mol. The van der Waals surface area contributed by atoms with E-state index in [2.05, 4.69) is 0 Å². The van der Waals surface area contributed by atoms with Crippen LogP contribution >= 0.6 is 11.6 Å². The van der Waals surface area contributed by atoms with E-state index in [1.807, 2.05) is 150 Å². The third-order valence-electron chi connectivity index (χ3n) is 11.4. The Labute approximate surface area is 326 Å². The Hall–Kier alpha value is -3.02. The molecule has 3 aliphatic heterocycles. The highest BCUT2D eigenvalue weighted by molar-refractivity contribution is 7.11. The lowest BCUT2D eigenvalue weighted by Crippen LogP contribution is -2.41. The van der Waals surface area contributed by atoms with Crippen molar-refractivity contribution in [3.63, 3.8) is 0 Å². The van der Waals surface area contributed by atoms with Crippen LogP contribution in [0.5, 0.6) is 0 Å². The first-order valence-electron chi connectivity index (χ1n) is 18.4. The molecular formula is C42H52B3ClF2O6. The van der Waals surface area contributed by atoms with Crippen molar-refractivity contribution < 1.29 is 36.7 Å². The molecule has 4 aromatic carbocycles. The minimum Gasteiger partial charge on any atom is -0.405 e. The van der Waals surface area contributed by atoms with Crippen LogP contribution in [0, 0.1) is 11.6 Å². The lowest BCUT2D eigenvalue weighted by Gasteiger charge is -2.32. The highest BCUT2D eigenvalue weighted by atomic mass is 35.5. The van der Waals surface area contributed by atoms with Crippen molar-refractivity contribution in [2.45, 2.75) is 117 Å². The fourth-order valence-electron chi connectivity index (χ4n) is 5.81. The number of benzene rings is 4. The summed E-state index contributed by atoms with van der Waals surface area (Å²) in [7, 11) is -1.64. The molecule has 0 bridgehead atoms. The molecule has 6 nitrogen and oxygen atoms in total. The first-order chi connectivity index (χ1) is 25.0. The van der Waals surface area contributed by atoms with Crippen LogP contribution in [0.15, 0.2) is 97.1 Å². The summed E-state index contributed by atoms with van der Waals surface area (Å²) in [6, 6.07) is 29.4. The smallest absolute Gasteiger partial charge is 0.405 e. The highest BCUT2D eigenvalue weighted by Gasteiger charge is 2.63. The topological polar surface area (TPSA) is 55.4 Å². The van der Waals surface area contributed by atoms with E-state index in [0.29, 0.717) is 5.46 Å². The second kappa shape index (κ2) is 15.5. The molecule has 3 aliphatic rings. The Morgan fingerprint density at radius 3 is 1.11 bits per heavy atom. The van der Waals surface area contributed by atoms with Gasteiger partial charge < -0.3 is 27.9 Å².